The molecular formula is C15H26O3. The Balaban J connectivity index is 1.73. The first-order valence-electron chi connectivity index (χ1n) is 7.15. The molecule has 104 valence electrons. The number of aliphatic hydroxyl groups is 1. The molecule has 1 saturated heterocycles. The van der Waals surface area contributed by atoms with Crippen molar-refractivity contribution in [3.8, 4) is 0 Å². The van der Waals surface area contributed by atoms with E-state index in [1.807, 2.05) is 0 Å². The van der Waals surface area contributed by atoms with Crippen molar-refractivity contribution >= 4 is 0 Å². The van der Waals surface area contributed by atoms with Gasteiger partial charge in [-0.2, -0.15) is 0 Å². The summed E-state index contributed by atoms with van der Waals surface area (Å²) in [5.74, 6) is 0. The van der Waals surface area contributed by atoms with E-state index < -0.39 is 0 Å². The highest BCUT2D eigenvalue weighted by atomic mass is 16.7. The number of ether oxygens (including phenoxy) is 2. The van der Waals surface area contributed by atoms with Crippen LogP contribution in [0.15, 0.2) is 11.6 Å². The predicted octanol–water partition coefficient (Wildman–Crippen LogP) is 3.03. The van der Waals surface area contributed by atoms with Crippen LogP contribution in [0.2, 0.25) is 0 Å². The lowest BCUT2D eigenvalue weighted by molar-refractivity contribution is -0.221. The van der Waals surface area contributed by atoms with Crippen molar-refractivity contribution in [1.29, 1.82) is 0 Å². The molecule has 3 heteroatoms. The minimum atomic E-state index is -0.119. The van der Waals surface area contributed by atoms with Gasteiger partial charge in [-0.25, -0.2) is 0 Å². The van der Waals surface area contributed by atoms with Crippen molar-refractivity contribution < 1.29 is 14.6 Å². The molecule has 0 aromatic rings. The van der Waals surface area contributed by atoms with Crippen LogP contribution in [-0.4, -0.2) is 30.7 Å². The van der Waals surface area contributed by atoms with Gasteiger partial charge in [0.2, 0.25) is 0 Å². The molecule has 0 aromatic carbocycles. The second kappa shape index (κ2) is 6.18. The molecule has 2 atom stereocenters. The SMILES string of the molecule is CC1(C)CC=C(CCC2OCCC(CO)O2)CC1. The highest BCUT2D eigenvalue weighted by Crippen LogP contribution is 2.35. The fourth-order valence-electron chi connectivity index (χ4n) is 2.59. The van der Waals surface area contributed by atoms with Gasteiger partial charge in [0.25, 0.3) is 0 Å². The molecule has 0 radical (unpaired) electrons. The van der Waals surface area contributed by atoms with Crippen molar-refractivity contribution in [3.63, 3.8) is 0 Å². The Labute approximate surface area is 110 Å². The third-order valence-corrected chi connectivity index (χ3v) is 4.06. The van der Waals surface area contributed by atoms with Gasteiger partial charge in [-0.05, 0) is 37.5 Å². The van der Waals surface area contributed by atoms with Crippen molar-refractivity contribution in [2.24, 2.45) is 5.41 Å². The zero-order chi connectivity index (χ0) is 13.0. The molecule has 18 heavy (non-hydrogen) atoms. The molecule has 0 bridgehead atoms. The fourth-order valence-corrected chi connectivity index (χ4v) is 2.59. The highest BCUT2D eigenvalue weighted by Gasteiger charge is 2.24. The van der Waals surface area contributed by atoms with Gasteiger partial charge in [0, 0.05) is 6.42 Å². The number of aliphatic hydroxyl groups excluding tert-OH is 1. The van der Waals surface area contributed by atoms with E-state index >= 15 is 0 Å². The first-order chi connectivity index (χ1) is 8.59. The van der Waals surface area contributed by atoms with E-state index in [4.69, 9.17) is 14.6 Å². The lowest BCUT2D eigenvalue weighted by Gasteiger charge is -2.31. The third-order valence-electron chi connectivity index (χ3n) is 4.06. The Morgan fingerprint density at radius 3 is 2.94 bits per heavy atom. The van der Waals surface area contributed by atoms with Gasteiger partial charge in [-0.3, -0.25) is 0 Å². The molecule has 3 nitrogen and oxygen atoms in total. The van der Waals surface area contributed by atoms with Crippen LogP contribution in [0.25, 0.3) is 0 Å². The number of allylic oxidation sites excluding steroid dienone is 2. The molecule has 0 saturated carbocycles. The molecule has 0 aromatic heterocycles. The maximum atomic E-state index is 9.09. The molecule has 2 rings (SSSR count). The van der Waals surface area contributed by atoms with Crippen LogP contribution in [0.3, 0.4) is 0 Å². The first kappa shape index (κ1) is 14.0. The maximum absolute atomic E-state index is 9.09. The van der Waals surface area contributed by atoms with E-state index in [1.54, 1.807) is 5.57 Å². The molecule has 1 heterocycles. The van der Waals surface area contributed by atoms with Crippen molar-refractivity contribution in [3.05, 3.63) is 11.6 Å². The van der Waals surface area contributed by atoms with E-state index in [0.29, 0.717) is 12.0 Å². The molecule has 0 spiro atoms. The molecule has 1 aliphatic carbocycles. The topological polar surface area (TPSA) is 38.7 Å². The summed E-state index contributed by atoms with van der Waals surface area (Å²) in [6.45, 7) is 5.48. The van der Waals surface area contributed by atoms with Gasteiger partial charge in [-0.15, -0.1) is 0 Å². The van der Waals surface area contributed by atoms with Gasteiger partial charge < -0.3 is 14.6 Å². The largest absolute Gasteiger partial charge is 0.394 e. The molecular weight excluding hydrogens is 228 g/mol. The van der Waals surface area contributed by atoms with Gasteiger partial charge in [0.1, 0.15) is 0 Å². The lowest BCUT2D eigenvalue weighted by atomic mass is 9.77. The minimum absolute atomic E-state index is 0.0250. The number of hydrogen-bond acceptors (Lipinski definition) is 3. The Bertz CT molecular complexity index is 296. The molecule has 1 fully saturated rings. The number of hydrogen-bond donors (Lipinski definition) is 1. The maximum Gasteiger partial charge on any atom is 0.158 e. The van der Waals surface area contributed by atoms with E-state index in [-0.39, 0.29) is 19.0 Å². The van der Waals surface area contributed by atoms with Crippen LogP contribution in [-0.2, 0) is 9.47 Å². The molecule has 0 amide bonds. The molecule has 1 aliphatic heterocycles. The van der Waals surface area contributed by atoms with Gasteiger partial charge in [0.15, 0.2) is 6.29 Å². The van der Waals surface area contributed by atoms with Crippen LogP contribution in [0, 0.1) is 5.41 Å². The summed E-state index contributed by atoms with van der Waals surface area (Å²) in [4.78, 5) is 0. The van der Waals surface area contributed by atoms with E-state index in [9.17, 15) is 0 Å². The van der Waals surface area contributed by atoms with E-state index in [1.165, 1.54) is 19.3 Å². The Kier molecular flexibility index (Phi) is 4.82. The average Bonchev–Trinajstić information content (AvgIpc) is 2.38. The normalized spacial score (nSPS) is 32.1. The van der Waals surface area contributed by atoms with Crippen LogP contribution in [0.4, 0.5) is 0 Å². The minimum Gasteiger partial charge on any atom is -0.394 e. The molecule has 2 aliphatic rings. The first-order valence-corrected chi connectivity index (χ1v) is 7.15. The predicted molar refractivity (Wildman–Crippen MR) is 71.3 cm³/mol. The second-order valence-corrected chi connectivity index (χ2v) is 6.30. The monoisotopic (exact) mass is 254 g/mol. The molecule has 2 unspecified atom stereocenters. The summed E-state index contributed by atoms with van der Waals surface area (Å²) in [5, 5.41) is 9.09. The van der Waals surface area contributed by atoms with Gasteiger partial charge in [-0.1, -0.05) is 25.5 Å². The van der Waals surface area contributed by atoms with Crippen LogP contribution in [0.5, 0.6) is 0 Å². The van der Waals surface area contributed by atoms with Crippen LogP contribution < -0.4 is 0 Å². The van der Waals surface area contributed by atoms with E-state index in [2.05, 4.69) is 19.9 Å². The average molecular weight is 254 g/mol. The second-order valence-electron chi connectivity index (χ2n) is 6.30. The molecule has 1 N–H and O–H groups in total. The zero-order valence-electron chi connectivity index (χ0n) is 11.7. The van der Waals surface area contributed by atoms with Crippen LogP contribution >= 0.6 is 0 Å². The summed E-state index contributed by atoms with van der Waals surface area (Å²) in [6, 6.07) is 0. The third kappa shape index (κ3) is 4.08. The highest BCUT2D eigenvalue weighted by molar-refractivity contribution is 5.08. The smallest absolute Gasteiger partial charge is 0.158 e. The quantitative estimate of drug-likeness (QED) is 0.784. The fraction of sp³-hybridized carbons (Fsp3) is 0.867. The van der Waals surface area contributed by atoms with Crippen LogP contribution in [0.1, 0.15) is 52.4 Å². The summed E-state index contributed by atoms with van der Waals surface area (Å²) in [6.07, 6.45) is 8.73. The van der Waals surface area contributed by atoms with Crippen molar-refractivity contribution in [2.75, 3.05) is 13.2 Å². The Morgan fingerprint density at radius 2 is 2.28 bits per heavy atom. The van der Waals surface area contributed by atoms with Crippen molar-refractivity contribution in [2.45, 2.75) is 64.8 Å². The summed E-state index contributed by atoms with van der Waals surface area (Å²) in [7, 11) is 0. The Hall–Kier alpha value is -0.380. The number of rotatable bonds is 4. The lowest BCUT2D eigenvalue weighted by Crippen LogP contribution is -2.34. The summed E-state index contributed by atoms with van der Waals surface area (Å²) in [5.41, 5.74) is 2.02. The Morgan fingerprint density at radius 1 is 1.44 bits per heavy atom. The van der Waals surface area contributed by atoms with E-state index in [0.717, 1.165) is 19.3 Å². The summed E-state index contributed by atoms with van der Waals surface area (Å²) >= 11 is 0. The standard InChI is InChI=1S/C15H26O3/c1-15(2)8-5-12(6-9-15)3-4-14-17-10-7-13(11-16)18-14/h5,13-14,16H,3-4,6-11H2,1-2H3. The van der Waals surface area contributed by atoms with Gasteiger partial charge in [0.05, 0.1) is 19.3 Å². The summed E-state index contributed by atoms with van der Waals surface area (Å²) < 4.78 is 11.2. The zero-order valence-corrected chi connectivity index (χ0v) is 11.7. The van der Waals surface area contributed by atoms with Crippen molar-refractivity contribution in [1.82, 2.24) is 0 Å². The van der Waals surface area contributed by atoms with Gasteiger partial charge >= 0.3 is 0 Å².